The Bertz CT molecular complexity index is 548. The van der Waals surface area contributed by atoms with Gasteiger partial charge in [0.1, 0.15) is 0 Å². The Morgan fingerprint density at radius 2 is 1.95 bits per heavy atom. The van der Waals surface area contributed by atoms with Crippen LogP contribution in [0.1, 0.15) is 35.7 Å². The number of carbonyl (C=O) groups excluding carboxylic acids is 2. The van der Waals surface area contributed by atoms with Gasteiger partial charge in [0.2, 0.25) is 5.91 Å². The zero-order chi connectivity index (χ0) is 14.9. The minimum absolute atomic E-state index is 0. The Hall–Kier alpha value is -1.75. The number of piperidine rings is 1. The molecule has 1 aliphatic heterocycles. The van der Waals surface area contributed by atoms with E-state index in [0.29, 0.717) is 17.8 Å². The predicted octanol–water partition coefficient (Wildman–Crippen LogP) is 1.73. The quantitative estimate of drug-likeness (QED) is 0.815. The number of hydrogen-bond donors (Lipinski definition) is 2. The second kappa shape index (κ2) is 6.80. The Balaban J connectivity index is 0.00000220. The first kappa shape index (κ1) is 17.3. The molecule has 6 heteroatoms. The molecular weight excluding hydrogens is 290 g/mol. The number of nitrogens with zero attached hydrogens (tertiary/aromatic N) is 1. The number of halogens is 1. The van der Waals surface area contributed by atoms with Crippen LogP contribution in [0.2, 0.25) is 0 Å². The van der Waals surface area contributed by atoms with Gasteiger partial charge in [-0.25, -0.2) is 0 Å². The third-order valence-electron chi connectivity index (χ3n) is 4.04. The molecule has 4 N–H and O–H groups in total. The number of anilines is 1. The molecular formula is C15H22ClN3O2. The summed E-state index contributed by atoms with van der Waals surface area (Å²) in [6.07, 6.45) is 1.54. The van der Waals surface area contributed by atoms with Gasteiger partial charge in [0.25, 0.3) is 5.91 Å². The van der Waals surface area contributed by atoms with Crippen molar-refractivity contribution in [3.63, 3.8) is 0 Å². The standard InChI is InChI=1S/C15H21N3O2.ClH/c1-9-3-6-12(16)7-13(9)15(20)18-8-11(14(17)19)5-4-10(18)2;/h3,6-7,10-11H,4-5,8,16H2,1-2H3,(H2,17,19);1H. The molecule has 1 heterocycles. The molecule has 1 aliphatic rings. The number of nitrogen functional groups attached to an aromatic ring is 1. The van der Waals surface area contributed by atoms with Crippen LogP contribution < -0.4 is 11.5 Å². The second-order valence-corrected chi connectivity index (χ2v) is 5.56. The lowest BCUT2D eigenvalue weighted by molar-refractivity contribution is -0.123. The Morgan fingerprint density at radius 1 is 1.29 bits per heavy atom. The van der Waals surface area contributed by atoms with Crippen LogP contribution in [0.5, 0.6) is 0 Å². The Kier molecular flexibility index (Phi) is 5.61. The third-order valence-corrected chi connectivity index (χ3v) is 4.04. The Morgan fingerprint density at radius 3 is 2.57 bits per heavy atom. The van der Waals surface area contributed by atoms with E-state index in [1.165, 1.54) is 0 Å². The van der Waals surface area contributed by atoms with Crippen molar-refractivity contribution in [3.8, 4) is 0 Å². The SMILES string of the molecule is Cc1ccc(N)cc1C(=O)N1CC(C(N)=O)CCC1C.Cl. The van der Waals surface area contributed by atoms with Gasteiger partial charge in [-0.05, 0) is 44.4 Å². The fraction of sp³-hybridized carbons (Fsp3) is 0.467. The van der Waals surface area contributed by atoms with Gasteiger partial charge in [0.15, 0.2) is 0 Å². The first-order valence-corrected chi connectivity index (χ1v) is 6.86. The molecule has 116 valence electrons. The van der Waals surface area contributed by atoms with Gasteiger partial charge in [-0.2, -0.15) is 0 Å². The van der Waals surface area contributed by atoms with Crippen LogP contribution in [-0.2, 0) is 4.79 Å². The summed E-state index contributed by atoms with van der Waals surface area (Å²) in [5.41, 5.74) is 13.2. The summed E-state index contributed by atoms with van der Waals surface area (Å²) in [7, 11) is 0. The van der Waals surface area contributed by atoms with Gasteiger partial charge in [-0.1, -0.05) is 6.07 Å². The number of carbonyl (C=O) groups is 2. The maximum atomic E-state index is 12.7. The first-order chi connectivity index (χ1) is 9.40. The van der Waals surface area contributed by atoms with Gasteiger partial charge in [-0.15, -0.1) is 12.4 Å². The highest BCUT2D eigenvalue weighted by atomic mass is 35.5. The molecule has 0 aliphatic carbocycles. The normalized spacial score (nSPS) is 21.5. The molecule has 2 unspecified atom stereocenters. The first-order valence-electron chi connectivity index (χ1n) is 6.86. The van der Waals surface area contributed by atoms with Crippen LogP contribution in [0.25, 0.3) is 0 Å². The highest BCUT2D eigenvalue weighted by molar-refractivity contribution is 5.97. The highest BCUT2D eigenvalue weighted by Crippen LogP contribution is 2.25. The van der Waals surface area contributed by atoms with Crippen molar-refractivity contribution in [3.05, 3.63) is 29.3 Å². The van der Waals surface area contributed by atoms with Crippen LogP contribution >= 0.6 is 12.4 Å². The van der Waals surface area contributed by atoms with E-state index in [1.54, 1.807) is 17.0 Å². The lowest BCUT2D eigenvalue weighted by Gasteiger charge is -2.37. The van der Waals surface area contributed by atoms with Crippen LogP contribution in [0, 0.1) is 12.8 Å². The summed E-state index contributed by atoms with van der Waals surface area (Å²) >= 11 is 0. The summed E-state index contributed by atoms with van der Waals surface area (Å²) in [6.45, 7) is 4.27. The van der Waals surface area contributed by atoms with E-state index in [1.807, 2.05) is 19.9 Å². The van der Waals surface area contributed by atoms with Crippen molar-refractivity contribution < 1.29 is 9.59 Å². The maximum absolute atomic E-state index is 12.7. The fourth-order valence-electron chi connectivity index (χ4n) is 2.65. The summed E-state index contributed by atoms with van der Waals surface area (Å²) in [4.78, 5) is 25.8. The molecule has 0 aromatic heterocycles. The number of hydrogen-bond acceptors (Lipinski definition) is 3. The average Bonchev–Trinajstić information content (AvgIpc) is 2.41. The highest BCUT2D eigenvalue weighted by Gasteiger charge is 2.32. The number of nitrogens with two attached hydrogens (primary N) is 2. The average molecular weight is 312 g/mol. The summed E-state index contributed by atoms with van der Waals surface area (Å²) in [5, 5.41) is 0. The van der Waals surface area contributed by atoms with Crippen molar-refractivity contribution in [2.45, 2.75) is 32.7 Å². The minimum Gasteiger partial charge on any atom is -0.399 e. The zero-order valence-electron chi connectivity index (χ0n) is 12.3. The van der Waals surface area contributed by atoms with Gasteiger partial charge in [0.05, 0.1) is 5.92 Å². The van der Waals surface area contributed by atoms with Gasteiger partial charge in [0, 0.05) is 23.8 Å². The van der Waals surface area contributed by atoms with E-state index in [-0.39, 0.29) is 36.2 Å². The summed E-state index contributed by atoms with van der Waals surface area (Å²) < 4.78 is 0. The molecule has 5 nitrogen and oxygen atoms in total. The van der Waals surface area contributed by atoms with E-state index in [2.05, 4.69) is 0 Å². The number of rotatable bonds is 2. The molecule has 2 rings (SSSR count). The smallest absolute Gasteiger partial charge is 0.254 e. The molecule has 0 saturated carbocycles. The largest absolute Gasteiger partial charge is 0.399 e. The molecule has 1 aromatic carbocycles. The van der Waals surface area contributed by atoms with Crippen molar-refractivity contribution in [1.29, 1.82) is 0 Å². The summed E-state index contributed by atoms with van der Waals surface area (Å²) in [6, 6.07) is 5.41. The molecule has 0 bridgehead atoms. The number of amides is 2. The molecule has 1 fully saturated rings. The van der Waals surface area contributed by atoms with Crippen LogP contribution in [0.15, 0.2) is 18.2 Å². The number of primary amides is 1. The van der Waals surface area contributed by atoms with E-state index in [4.69, 9.17) is 11.5 Å². The lowest BCUT2D eigenvalue weighted by atomic mass is 9.92. The Labute approximate surface area is 131 Å². The molecule has 0 radical (unpaired) electrons. The molecule has 1 saturated heterocycles. The number of benzene rings is 1. The van der Waals surface area contributed by atoms with E-state index >= 15 is 0 Å². The zero-order valence-corrected chi connectivity index (χ0v) is 13.2. The maximum Gasteiger partial charge on any atom is 0.254 e. The van der Waals surface area contributed by atoms with Gasteiger partial charge >= 0.3 is 0 Å². The fourth-order valence-corrected chi connectivity index (χ4v) is 2.65. The monoisotopic (exact) mass is 311 g/mol. The predicted molar refractivity (Wildman–Crippen MR) is 85.3 cm³/mol. The number of likely N-dealkylation sites (tertiary alicyclic amines) is 1. The lowest BCUT2D eigenvalue weighted by Crippen LogP contribution is -2.48. The molecule has 1 aromatic rings. The molecule has 2 atom stereocenters. The van der Waals surface area contributed by atoms with Crippen molar-refractivity contribution in [1.82, 2.24) is 4.90 Å². The molecule has 21 heavy (non-hydrogen) atoms. The van der Waals surface area contributed by atoms with Crippen molar-refractivity contribution >= 4 is 29.9 Å². The number of aryl methyl sites for hydroxylation is 1. The van der Waals surface area contributed by atoms with Crippen LogP contribution in [-0.4, -0.2) is 29.3 Å². The van der Waals surface area contributed by atoms with E-state index in [9.17, 15) is 9.59 Å². The third kappa shape index (κ3) is 3.67. The molecule has 0 spiro atoms. The van der Waals surface area contributed by atoms with Gasteiger partial charge < -0.3 is 16.4 Å². The van der Waals surface area contributed by atoms with Crippen molar-refractivity contribution in [2.75, 3.05) is 12.3 Å². The summed E-state index contributed by atoms with van der Waals surface area (Å²) in [5.74, 6) is -0.663. The second-order valence-electron chi connectivity index (χ2n) is 5.56. The van der Waals surface area contributed by atoms with E-state index < -0.39 is 0 Å². The topological polar surface area (TPSA) is 89.4 Å². The van der Waals surface area contributed by atoms with Crippen molar-refractivity contribution in [2.24, 2.45) is 11.7 Å². The molecule has 2 amide bonds. The van der Waals surface area contributed by atoms with Crippen LogP contribution in [0.4, 0.5) is 5.69 Å². The van der Waals surface area contributed by atoms with Gasteiger partial charge in [-0.3, -0.25) is 9.59 Å². The minimum atomic E-state index is -0.334. The van der Waals surface area contributed by atoms with E-state index in [0.717, 1.165) is 18.4 Å². The van der Waals surface area contributed by atoms with Crippen LogP contribution in [0.3, 0.4) is 0 Å².